The molecule has 11 heavy (non-hydrogen) atoms. The Bertz CT molecular complexity index is 102. The molecule has 0 aliphatic rings. The number of rotatable bonds is 6. The van der Waals surface area contributed by atoms with Crippen LogP contribution in [0.25, 0.3) is 0 Å². The molecule has 0 aliphatic heterocycles. The topological polar surface area (TPSA) is 23.6 Å². The van der Waals surface area contributed by atoms with E-state index in [1.165, 1.54) is 0 Å². The molecule has 0 aromatic carbocycles. The highest BCUT2D eigenvalue weighted by Crippen LogP contribution is 1.86. The zero-order valence-corrected chi connectivity index (χ0v) is 7.71. The van der Waals surface area contributed by atoms with Gasteiger partial charge in [0, 0.05) is 20.1 Å². The van der Waals surface area contributed by atoms with E-state index in [0.29, 0.717) is 0 Å². The molecule has 1 amide bonds. The quantitative estimate of drug-likeness (QED) is 0.523. The number of carbonyl (C=O) groups excluding carboxylic acids is 1. The maximum Gasteiger partial charge on any atom is 0.209 e. The number of carbonyl (C=O) groups is 1. The Labute approximate surface area is 69.0 Å². The third-order valence-corrected chi connectivity index (χ3v) is 1.84. The molecule has 0 aliphatic carbocycles. The van der Waals surface area contributed by atoms with Crippen molar-refractivity contribution in [2.24, 2.45) is 0 Å². The molecule has 0 rings (SSSR count). The van der Waals surface area contributed by atoms with Gasteiger partial charge in [0.05, 0.1) is 0 Å². The molecule has 0 aromatic rings. The van der Waals surface area contributed by atoms with Gasteiger partial charge in [0.25, 0.3) is 0 Å². The zero-order valence-electron chi connectivity index (χ0n) is 7.71. The summed E-state index contributed by atoms with van der Waals surface area (Å²) in [7, 11) is 1.80. The lowest BCUT2D eigenvalue weighted by molar-refractivity contribution is -0.117. The second kappa shape index (κ2) is 6.16. The van der Waals surface area contributed by atoms with Crippen molar-refractivity contribution in [1.82, 2.24) is 9.80 Å². The van der Waals surface area contributed by atoms with Gasteiger partial charge in [-0.15, -0.1) is 0 Å². The minimum Gasteiger partial charge on any atom is -0.347 e. The summed E-state index contributed by atoms with van der Waals surface area (Å²) in [6.45, 7) is 8.18. The Hall–Kier alpha value is -0.570. The second-order valence-corrected chi connectivity index (χ2v) is 2.61. The molecule has 0 bridgehead atoms. The van der Waals surface area contributed by atoms with Crippen LogP contribution >= 0.6 is 0 Å². The lowest BCUT2D eigenvalue weighted by Crippen LogP contribution is -2.32. The van der Waals surface area contributed by atoms with Crippen LogP contribution in [0.5, 0.6) is 0 Å². The van der Waals surface area contributed by atoms with E-state index >= 15 is 0 Å². The van der Waals surface area contributed by atoms with E-state index in [-0.39, 0.29) is 0 Å². The summed E-state index contributed by atoms with van der Waals surface area (Å²) < 4.78 is 0. The molecule has 0 saturated carbocycles. The monoisotopic (exact) mass is 158 g/mol. The summed E-state index contributed by atoms with van der Waals surface area (Å²) in [4.78, 5) is 14.2. The summed E-state index contributed by atoms with van der Waals surface area (Å²) in [5.41, 5.74) is 0. The molecule has 0 spiro atoms. The predicted molar refractivity (Wildman–Crippen MR) is 46.5 cm³/mol. The second-order valence-electron chi connectivity index (χ2n) is 2.61. The maximum absolute atomic E-state index is 10.2. The van der Waals surface area contributed by atoms with Gasteiger partial charge < -0.3 is 9.80 Å². The minimum absolute atomic E-state index is 0.825. The van der Waals surface area contributed by atoms with Gasteiger partial charge in [0.1, 0.15) is 0 Å². The Balaban J connectivity index is 3.41. The summed E-state index contributed by atoms with van der Waals surface area (Å²) in [6.07, 6.45) is 0.865. The lowest BCUT2D eigenvalue weighted by Gasteiger charge is -2.20. The Kier molecular flexibility index (Phi) is 5.84. The Morgan fingerprint density at radius 1 is 1.18 bits per heavy atom. The highest BCUT2D eigenvalue weighted by atomic mass is 16.1. The van der Waals surface area contributed by atoms with Gasteiger partial charge in [0.15, 0.2) is 0 Å². The minimum atomic E-state index is 0.825. The Morgan fingerprint density at radius 3 is 2.09 bits per heavy atom. The van der Waals surface area contributed by atoms with Crippen LogP contribution in [-0.2, 0) is 4.79 Å². The fourth-order valence-electron chi connectivity index (χ4n) is 0.892. The van der Waals surface area contributed by atoms with Crippen molar-refractivity contribution in [3.05, 3.63) is 0 Å². The van der Waals surface area contributed by atoms with Crippen molar-refractivity contribution in [3.63, 3.8) is 0 Å². The summed E-state index contributed by atoms with van der Waals surface area (Å²) in [6, 6.07) is 0. The molecule has 0 fully saturated rings. The fourth-order valence-corrected chi connectivity index (χ4v) is 0.892. The highest BCUT2D eigenvalue weighted by molar-refractivity contribution is 5.46. The van der Waals surface area contributed by atoms with Gasteiger partial charge in [-0.3, -0.25) is 4.79 Å². The van der Waals surface area contributed by atoms with E-state index in [1.54, 1.807) is 11.9 Å². The van der Waals surface area contributed by atoms with Crippen LogP contribution in [0, 0.1) is 0 Å². The number of hydrogen-bond donors (Lipinski definition) is 0. The van der Waals surface area contributed by atoms with E-state index < -0.39 is 0 Å². The van der Waals surface area contributed by atoms with E-state index in [4.69, 9.17) is 0 Å². The van der Waals surface area contributed by atoms with Crippen LogP contribution in [0.3, 0.4) is 0 Å². The number of amides is 1. The van der Waals surface area contributed by atoms with Crippen LogP contribution in [0.4, 0.5) is 0 Å². The van der Waals surface area contributed by atoms with Crippen LogP contribution < -0.4 is 0 Å². The van der Waals surface area contributed by atoms with Crippen molar-refractivity contribution in [1.29, 1.82) is 0 Å². The average Bonchev–Trinajstić information content (AvgIpc) is 2.06. The van der Waals surface area contributed by atoms with Gasteiger partial charge in [-0.25, -0.2) is 0 Å². The lowest BCUT2D eigenvalue weighted by atomic mass is 10.4. The van der Waals surface area contributed by atoms with Gasteiger partial charge in [-0.2, -0.15) is 0 Å². The summed E-state index contributed by atoms with van der Waals surface area (Å²) in [5, 5.41) is 0. The molecular formula is C8H18N2O. The number of nitrogens with zero attached hydrogens (tertiary/aromatic N) is 2. The van der Waals surface area contributed by atoms with Crippen molar-refractivity contribution in [3.8, 4) is 0 Å². The normalized spacial score (nSPS) is 10.2. The molecule has 0 radical (unpaired) electrons. The maximum atomic E-state index is 10.2. The first-order chi connectivity index (χ1) is 5.24. The van der Waals surface area contributed by atoms with Gasteiger partial charge >= 0.3 is 0 Å². The van der Waals surface area contributed by atoms with Crippen LogP contribution in [0.15, 0.2) is 0 Å². The molecule has 0 unspecified atom stereocenters. The molecule has 3 heteroatoms. The number of likely N-dealkylation sites (N-methyl/N-ethyl adjacent to an activating group) is 2. The van der Waals surface area contributed by atoms with Crippen LogP contribution in [0.2, 0.25) is 0 Å². The van der Waals surface area contributed by atoms with E-state index in [0.717, 1.165) is 32.6 Å². The fraction of sp³-hybridized carbons (Fsp3) is 0.875. The van der Waals surface area contributed by atoms with Crippen molar-refractivity contribution in [2.45, 2.75) is 13.8 Å². The highest BCUT2D eigenvalue weighted by Gasteiger charge is 1.99. The molecule has 0 aromatic heterocycles. The molecule has 0 heterocycles. The zero-order chi connectivity index (χ0) is 8.69. The third-order valence-electron chi connectivity index (χ3n) is 1.84. The molecule has 0 saturated heterocycles. The number of hydrogen-bond acceptors (Lipinski definition) is 2. The van der Waals surface area contributed by atoms with Crippen molar-refractivity contribution < 1.29 is 4.79 Å². The first-order valence-corrected chi connectivity index (χ1v) is 4.12. The Morgan fingerprint density at radius 2 is 1.73 bits per heavy atom. The van der Waals surface area contributed by atoms with Crippen LogP contribution in [0.1, 0.15) is 13.8 Å². The van der Waals surface area contributed by atoms with Gasteiger partial charge in [0.2, 0.25) is 6.41 Å². The largest absolute Gasteiger partial charge is 0.347 e. The summed E-state index contributed by atoms with van der Waals surface area (Å²) in [5.74, 6) is 0. The van der Waals surface area contributed by atoms with Crippen LogP contribution in [-0.4, -0.2) is 49.4 Å². The first kappa shape index (κ1) is 10.4. The van der Waals surface area contributed by atoms with E-state index in [1.807, 2.05) is 0 Å². The van der Waals surface area contributed by atoms with Crippen molar-refractivity contribution in [2.75, 3.05) is 33.2 Å². The van der Waals surface area contributed by atoms with E-state index in [2.05, 4.69) is 18.7 Å². The average molecular weight is 158 g/mol. The SMILES string of the molecule is CCN(CC)CCN(C)C=O. The van der Waals surface area contributed by atoms with E-state index in [9.17, 15) is 4.79 Å². The smallest absolute Gasteiger partial charge is 0.209 e. The molecule has 0 N–H and O–H groups in total. The molecular weight excluding hydrogens is 140 g/mol. The standard InChI is InChI=1S/C8H18N2O/c1-4-10(5-2)7-6-9(3)8-11/h8H,4-7H2,1-3H3. The first-order valence-electron chi connectivity index (χ1n) is 4.12. The van der Waals surface area contributed by atoms with Crippen molar-refractivity contribution >= 4 is 6.41 Å². The van der Waals surface area contributed by atoms with Gasteiger partial charge in [-0.05, 0) is 13.1 Å². The van der Waals surface area contributed by atoms with Gasteiger partial charge in [-0.1, -0.05) is 13.8 Å². The third kappa shape index (κ3) is 4.79. The molecule has 3 nitrogen and oxygen atoms in total. The molecule has 0 atom stereocenters. The predicted octanol–water partition coefficient (Wildman–Crippen LogP) is 0.416. The summed E-state index contributed by atoms with van der Waals surface area (Å²) >= 11 is 0. The molecule has 66 valence electrons.